The van der Waals surface area contributed by atoms with E-state index >= 15 is 0 Å². The smallest absolute Gasteiger partial charge is 0.205 e. The van der Waals surface area contributed by atoms with Crippen molar-refractivity contribution in [2.24, 2.45) is 11.7 Å². The van der Waals surface area contributed by atoms with Crippen LogP contribution in [0.25, 0.3) is 0 Å². The Morgan fingerprint density at radius 1 is 1.15 bits per heavy atom. The lowest BCUT2D eigenvalue weighted by atomic mass is 9.75. The number of carbonyl (C=O) groups excluding carboxylic acids is 1. The number of benzene rings is 1. The van der Waals surface area contributed by atoms with E-state index in [0.717, 1.165) is 0 Å². The predicted octanol–water partition coefficient (Wildman–Crippen LogP) is 2.77. The zero-order valence-electron chi connectivity index (χ0n) is 15.8. The molecule has 1 aromatic rings. The minimum atomic E-state index is -0.673. The van der Waals surface area contributed by atoms with Crippen LogP contribution in [0.4, 0.5) is 0 Å². The van der Waals surface area contributed by atoms with E-state index in [-0.39, 0.29) is 23.2 Å². The van der Waals surface area contributed by atoms with Crippen LogP contribution in [-0.4, -0.2) is 27.1 Å². The summed E-state index contributed by atoms with van der Waals surface area (Å²) in [6.07, 6.45) is 0.986. The summed E-state index contributed by atoms with van der Waals surface area (Å²) in [5.41, 5.74) is 7.28. The molecule has 0 bridgehead atoms. The molecule has 7 nitrogen and oxygen atoms in total. The van der Waals surface area contributed by atoms with Crippen LogP contribution >= 0.6 is 0 Å². The zero-order valence-corrected chi connectivity index (χ0v) is 15.8. The molecule has 142 valence electrons. The van der Waals surface area contributed by atoms with Crippen molar-refractivity contribution in [2.75, 3.05) is 21.3 Å². The van der Waals surface area contributed by atoms with Crippen LogP contribution in [-0.2, 0) is 9.53 Å². The highest BCUT2D eigenvalue weighted by Crippen LogP contribution is 2.50. The predicted molar refractivity (Wildman–Crippen MR) is 97.2 cm³/mol. The molecular formula is C20H22N2O5. The Bertz CT molecular complexity index is 894. The maximum Gasteiger partial charge on any atom is 0.205 e. The quantitative estimate of drug-likeness (QED) is 0.869. The minimum Gasteiger partial charge on any atom is -0.493 e. The van der Waals surface area contributed by atoms with Crippen LogP contribution in [0.3, 0.4) is 0 Å². The average molecular weight is 370 g/mol. The number of allylic oxidation sites excluding steroid dienone is 3. The molecular weight excluding hydrogens is 348 g/mol. The summed E-state index contributed by atoms with van der Waals surface area (Å²) >= 11 is 0. The van der Waals surface area contributed by atoms with Crippen LogP contribution < -0.4 is 19.9 Å². The molecule has 1 heterocycles. The SMILES string of the molecule is COc1ccc([C@@H]2C(C#N)=C(N)OC3=C2C(=O)C[C@@H](C)C3)c(OC)c1OC. The van der Waals surface area contributed by atoms with E-state index in [1.807, 2.05) is 6.92 Å². The fraction of sp³-hybridized carbons (Fsp3) is 0.400. The van der Waals surface area contributed by atoms with E-state index < -0.39 is 5.92 Å². The molecule has 3 rings (SSSR count). The van der Waals surface area contributed by atoms with Crippen molar-refractivity contribution in [3.8, 4) is 23.3 Å². The number of rotatable bonds is 4. The first kappa shape index (κ1) is 18.6. The molecule has 0 aromatic heterocycles. The van der Waals surface area contributed by atoms with E-state index in [1.54, 1.807) is 12.1 Å². The molecule has 1 aliphatic carbocycles. The van der Waals surface area contributed by atoms with Crippen molar-refractivity contribution < 1.29 is 23.7 Å². The van der Waals surface area contributed by atoms with E-state index in [1.165, 1.54) is 21.3 Å². The highest BCUT2D eigenvalue weighted by Gasteiger charge is 2.41. The number of hydrogen-bond donors (Lipinski definition) is 1. The van der Waals surface area contributed by atoms with Crippen molar-refractivity contribution in [2.45, 2.75) is 25.7 Å². The highest BCUT2D eigenvalue weighted by molar-refractivity contribution is 6.00. The van der Waals surface area contributed by atoms with Gasteiger partial charge in [0, 0.05) is 24.0 Å². The molecule has 2 aliphatic rings. The molecule has 0 radical (unpaired) electrons. The molecule has 27 heavy (non-hydrogen) atoms. The van der Waals surface area contributed by atoms with Gasteiger partial charge < -0.3 is 24.7 Å². The first-order chi connectivity index (χ1) is 13.0. The molecule has 7 heteroatoms. The Morgan fingerprint density at radius 3 is 2.44 bits per heavy atom. The molecule has 0 fully saturated rings. The second-order valence-corrected chi connectivity index (χ2v) is 6.62. The van der Waals surface area contributed by atoms with Crippen molar-refractivity contribution in [1.29, 1.82) is 5.26 Å². The number of carbonyl (C=O) groups is 1. The number of nitriles is 1. The molecule has 2 N–H and O–H groups in total. The van der Waals surface area contributed by atoms with Crippen LogP contribution in [0.15, 0.2) is 34.9 Å². The van der Waals surface area contributed by atoms with Gasteiger partial charge in [-0.2, -0.15) is 5.26 Å². The summed E-state index contributed by atoms with van der Waals surface area (Å²) in [6.45, 7) is 1.98. The maximum atomic E-state index is 12.9. The third-order valence-corrected chi connectivity index (χ3v) is 4.91. The number of ketones is 1. The van der Waals surface area contributed by atoms with Gasteiger partial charge in [0.1, 0.15) is 17.4 Å². The normalized spacial score (nSPS) is 22.0. The molecule has 0 saturated heterocycles. The first-order valence-corrected chi connectivity index (χ1v) is 8.59. The van der Waals surface area contributed by atoms with E-state index in [2.05, 4.69) is 6.07 Å². The summed E-state index contributed by atoms with van der Waals surface area (Å²) in [7, 11) is 4.53. The second-order valence-electron chi connectivity index (χ2n) is 6.62. The lowest BCUT2D eigenvalue weighted by Gasteiger charge is -2.33. The number of nitrogens with zero attached hydrogens (tertiary/aromatic N) is 1. The lowest BCUT2D eigenvalue weighted by molar-refractivity contribution is -0.117. The summed E-state index contributed by atoms with van der Waals surface area (Å²) in [5.74, 6) is 1.23. The third kappa shape index (κ3) is 2.97. The average Bonchev–Trinajstić information content (AvgIpc) is 2.65. The summed E-state index contributed by atoms with van der Waals surface area (Å²) in [4.78, 5) is 12.9. The molecule has 1 aromatic carbocycles. The Kier molecular flexibility index (Phi) is 5.00. The van der Waals surface area contributed by atoms with E-state index in [0.29, 0.717) is 47.0 Å². The van der Waals surface area contributed by atoms with Crippen molar-refractivity contribution >= 4 is 5.78 Å². The van der Waals surface area contributed by atoms with E-state index in [4.69, 9.17) is 24.7 Å². The monoisotopic (exact) mass is 370 g/mol. The maximum absolute atomic E-state index is 12.9. The largest absolute Gasteiger partial charge is 0.493 e. The van der Waals surface area contributed by atoms with Gasteiger partial charge in [-0.3, -0.25) is 4.79 Å². The Labute approximate surface area is 157 Å². The number of methoxy groups -OCH3 is 3. The second kappa shape index (κ2) is 7.23. The van der Waals surface area contributed by atoms with Crippen LogP contribution in [0.2, 0.25) is 0 Å². The molecule has 1 aliphatic heterocycles. The Hall–Kier alpha value is -3.14. The van der Waals surface area contributed by atoms with Gasteiger partial charge in [-0.1, -0.05) is 13.0 Å². The topological polar surface area (TPSA) is 104 Å². The minimum absolute atomic E-state index is 0.0139. The Morgan fingerprint density at radius 2 is 1.85 bits per heavy atom. The molecule has 0 saturated carbocycles. The zero-order chi connectivity index (χ0) is 19.7. The molecule has 0 spiro atoms. The fourth-order valence-electron chi connectivity index (χ4n) is 3.76. The molecule has 0 amide bonds. The molecule has 0 unspecified atom stereocenters. The van der Waals surface area contributed by atoms with Crippen LogP contribution in [0.1, 0.15) is 31.2 Å². The van der Waals surface area contributed by atoms with Gasteiger partial charge in [0.15, 0.2) is 17.3 Å². The summed E-state index contributed by atoms with van der Waals surface area (Å²) < 4.78 is 22.0. The van der Waals surface area contributed by atoms with Crippen LogP contribution in [0.5, 0.6) is 17.2 Å². The third-order valence-electron chi connectivity index (χ3n) is 4.91. The van der Waals surface area contributed by atoms with Gasteiger partial charge in [-0.15, -0.1) is 0 Å². The number of nitrogens with two attached hydrogens (primary N) is 1. The van der Waals surface area contributed by atoms with Gasteiger partial charge in [-0.25, -0.2) is 0 Å². The van der Waals surface area contributed by atoms with Crippen LogP contribution in [0, 0.1) is 17.2 Å². The van der Waals surface area contributed by atoms with Gasteiger partial charge in [-0.05, 0) is 12.0 Å². The van der Waals surface area contributed by atoms with Crippen molar-refractivity contribution in [3.63, 3.8) is 0 Å². The van der Waals surface area contributed by atoms with Crippen molar-refractivity contribution in [1.82, 2.24) is 0 Å². The Balaban J connectivity index is 2.28. The fourth-order valence-corrected chi connectivity index (χ4v) is 3.76. The standard InChI is InChI=1S/C20H22N2O5/c1-10-7-13(23)17-15(8-10)27-20(22)12(9-21)16(17)11-5-6-14(24-2)19(26-4)18(11)25-3/h5-6,10,16H,7-8,22H2,1-4H3/t10-,16-/m1/s1. The molecule has 2 atom stereocenters. The first-order valence-electron chi connectivity index (χ1n) is 8.59. The lowest BCUT2D eigenvalue weighted by Crippen LogP contribution is -2.30. The highest BCUT2D eigenvalue weighted by atomic mass is 16.5. The number of hydrogen-bond acceptors (Lipinski definition) is 7. The van der Waals surface area contributed by atoms with Gasteiger partial charge in [0.05, 0.1) is 27.2 Å². The van der Waals surface area contributed by atoms with Gasteiger partial charge in [0.25, 0.3) is 0 Å². The van der Waals surface area contributed by atoms with Gasteiger partial charge >= 0.3 is 0 Å². The number of Topliss-reactive ketones (excluding diaryl/α,β-unsaturated/α-hetero) is 1. The van der Waals surface area contributed by atoms with Crippen molar-refractivity contribution in [3.05, 3.63) is 40.5 Å². The van der Waals surface area contributed by atoms with Gasteiger partial charge in [0.2, 0.25) is 11.6 Å². The van der Waals surface area contributed by atoms with E-state index in [9.17, 15) is 10.1 Å². The summed E-state index contributed by atoms with van der Waals surface area (Å²) in [5, 5.41) is 9.71. The summed E-state index contributed by atoms with van der Waals surface area (Å²) in [6, 6.07) is 5.58. The number of ether oxygens (including phenoxy) is 4.